The van der Waals surface area contributed by atoms with E-state index in [-0.39, 0.29) is 5.91 Å². The Labute approximate surface area is 156 Å². The Kier molecular flexibility index (Phi) is 5.21. The number of rotatable bonds is 4. The van der Waals surface area contributed by atoms with E-state index in [1.54, 1.807) is 24.3 Å². The van der Waals surface area contributed by atoms with Crippen molar-refractivity contribution in [2.75, 3.05) is 6.54 Å². The number of hydrogen-bond acceptors (Lipinski definition) is 3. The normalized spacial score (nSPS) is 10.9. The van der Waals surface area contributed by atoms with Gasteiger partial charge in [-0.15, -0.1) is 0 Å². The van der Waals surface area contributed by atoms with Crippen molar-refractivity contribution in [1.29, 1.82) is 0 Å². The molecule has 1 amide bonds. The molecule has 3 rings (SSSR count). The summed E-state index contributed by atoms with van der Waals surface area (Å²) in [5.74, 6) is -0.146. The summed E-state index contributed by atoms with van der Waals surface area (Å²) in [5, 5.41) is 4.10. The number of fused-ring (bicyclic) bond motifs is 1. The fraction of sp³-hybridized carbons (Fsp3) is 0.211. The molecule has 3 aromatic rings. The third-order valence-corrected chi connectivity index (χ3v) is 4.62. The molecule has 4 nitrogen and oxygen atoms in total. The van der Waals surface area contributed by atoms with Crippen molar-refractivity contribution in [2.24, 2.45) is 0 Å². The molecule has 1 aromatic heterocycles. The Balaban J connectivity index is 1.68. The summed E-state index contributed by atoms with van der Waals surface area (Å²) in [6, 6.07) is 10.7. The van der Waals surface area contributed by atoms with Crippen LogP contribution in [0.15, 0.2) is 36.4 Å². The van der Waals surface area contributed by atoms with Gasteiger partial charge in [-0.25, -0.2) is 9.97 Å². The minimum Gasteiger partial charge on any atom is -0.352 e. The van der Waals surface area contributed by atoms with Gasteiger partial charge in [-0.2, -0.15) is 0 Å². The van der Waals surface area contributed by atoms with Crippen molar-refractivity contribution in [3.63, 3.8) is 0 Å². The van der Waals surface area contributed by atoms with Gasteiger partial charge in [0.15, 0.2) is 0 Å². The Bertz CT molecular complexity index is 957. The number of nitrogens with zero attached hydrogens (tertiary/aromatic N) is 2. The Morgan fingerprint density at radius 3 is 2.44 bits per heavy atom. The molecule has 25 heavy (non-hydrogen) atoms. The van der Waals surface area contributed by atoms with E-state index >= 15 is 0 Å². The van der Waals surface area contributed by atoms with E-state index in [0.29, 0.717) is 28.6 Å². The first kappa shape index (κ1) is 17.6. The smallest absolute Gasteiger partial charge is 0.251 e. The first-order chi connectivity index (χ1) is 11.9. The highest BCUT2D eigenvalue weighted by atomic mass is 35.5. The summed E-state index contributed by atoms with van der Waals surface area (Å²) in [4.78, 5) is 21.3. The zero-order valence-corrected chi connectivity index (χ0v) is 15.4. The molecule has 0 atom stereocenters. The molecule has 1 heterocycles. The number of benzene rings is 2. The summed E-state index contributed by atoms with van der Waals surface area (Å²) < 4.78 is 0. The van der Waals surface area contributed by atoms with Gasteiger partial charge in [0.1, 0.15) is 0 Å². The lowest BCUT2D eigenvalue weighted by Crippen LogP contribution is -2.25. The molecule has 0 saturated heterocycles. The Morgan fingerprint density at radius 1 is 1.00 bits per heavy atom. The van der Waals surface area contributed by atoms with E-state index in [9.17, 15) is 4.79 Å². The van der Waals surface area contributed by atoms with Crippen LogP contribution in [-0.2, 0) is 6.42 Å². The molecule has 0 aliphatic carbocycles. The summed E-state index contributed by atoms with van der Waals surface area (Å²) in [7, 11) is 0. The van der Waals surface area contributed by atoms with E-state index < -0.39 is 0 Å². The van der Waals surface area contributed by atoms with Gasteiger partial charge in [0.05, 0.1) is 22.4 Å². The monoisotopic (exact) mass is 373 g/mol. The second kappa shape index (κ2) is 7.38. The number of hydrogen-bond donors (Lipinski definition) is 1. The number of amides is 1. The third kappa shape index (κ3) is 4.09. The van der Waals surface area contributed by atoms with Gasteiger partial charge in [-0.3, -0.25) is 4.79 Å². The lowest BCUT2D eigenvalue weighted by Gasteiger charge is -2.08. The molecule has 0 bridgehead atoms. The van der Waals surface area contributed by atoms with Gasteiger partial charge in [0, 0.05) is 22.2 Å². The van der Waals surface area contributed by atoms with Gasteiger partial charge in [-0.1, -0.05) is 29.3 Å². The third-order valence-electron chi connectivity index (χ3n) is 4.03. The van der Waals surface area contributed by atoms with Crippen molar-refractivity contribution in [3.05, 3.63) is 69.0 Å². The van der Waals surface area contributed by atoms with Gasteiger partial charge in [0.25, 0.3) is 5.91 Å². The summed E-state index contributed by atoms with van der Waals surface area (Å²) in [5.41, 5.74) is 4.77. The lowest BCUT2D eigenvalue weighted by molar-refractivity contribution is 0.0954. The van der Waals surface area contributed by atoms with E-state index in [1.807, 2.05) is 26.0 Å². The van der Waals surface area contributed by atoms with Gasteiger partial charge in [-0.05, 0) is 56.2 Å². The number of aryl methyl sites for hydroxylation is 2. The van der Waals surface area contributed by atoms with Crippen molar-refractivity contribution in [3.8, 4) is 0 Å². The van der Waals surface area contributed by atoms with Crippen LogP contribution in [0, 0.1) is 13.8 Å². The van der Waals surface area contributed by atoms with Gasteiger partial charge < -0.3 is 5.32 Å². The maximum atomic E-state index is 12.4. The van der Waals surface area contributed by atoms with Crippen LogP contribution in [-0.4, -0.2) is 22.4 Å². The number of carbonyl (C=O) groups excluding carboxylic acids is 1. The van der Waals surface area contributed by atoms with Crippen LogP contribution in [0.25, 0.3) is 11.0 Å². The van der Waals surface area contributed by atoms with E-state index in [0.717, 1.165) is 28.0 Å². The molecule has 6 heteroatoms. The van der Waals surface area contributed by atoms with Crippen LogP contribution in [0.2, 0.25) is 10.0 Å². The maximum absolute atomic E-state index is 12.4. The van der Waals surface area contributed by atoms with Crippen molar-refractivity contribution < 1.29 is 4.79 Å². The van der Waals surface area contributed by atoms with Gasteiger partial charge in [0.2, 0.25) is 0 Å². The summed E-state index contributed by atoms with van der Waals surface area (Å²) >= 11 is 12.0. The molecule has 0 spiro atoms. The van der Waals surface area contributed by atoms with E-state index in [2.05, 4.69) is 15.3 Å². The molecule has 0 aliphatic rings. The Hall–Kier alpha value is -2.17. The second-order valence-corrected chi connectivity index (χ2v) is 6.68. The molecular formula is C19H17Cl2N3O. The molecule has 0 aliphatic heterocycles. The van der Waals surface area contributed by atoms with Gasteiger partial charge >= 0.3 is 0 Å². The molecule has 0 radical (unpaired) electrons. The van der Waals surface area contributed by atoms with Crippen LogP contribution in [0.3, 0.4) is 0 Å². The van der Waals surface area contributed by atoms with Crippen LogP contribution >= 0.6 is 23.2 Å². The van der Waals surface area contributed by atoms with Crippen molar-refractivity contribution in [2.45, 2.75) is 20.3 Å². The number of aromatic nitrogens is 2. The lowest BCUT2D eigenvalue weighted by atomic mass is 10.1. The minimum atomic E-state index is -0.146. The number of carbonyl (C=O) groups is 1. The van der Waals surface area contributed by atoms with E-state index in [4.69, 9.17) is 23.2 Å². The molecule has 0 saturated carbocycles. The second-order valence-electron chi connectivity index (χ2n) is 5.84. The molecular weight excluding hydrogens is 357 g/mol. The fourth-order valence-electron chi connectivity index (χ4n) is 2.51. The van der Waals surface area contributed by atoms with Crippen molar-refractivity contribution in [1.82, 2.24) is 15.3 Å². The number of nitrogens with one attached hydrogen (secondary N) is 1. The standard InChI is InChI=1S/C19H17Cl2N3O/c1-11-12(2)24-18-9-14(4-6-17(18)23-11)19(25)22-8-7-13-3-5-15(20)10-16(13)21/h3-6,9-10H,7-8H2,1-2H3,(H,22,25). The average Bonchev–Trinajstić information content (AvgIpc) is 2.57. The molecule has 0 unspecified atom stereocenters. The highest BCUT2D eigenvalue weighted by Crippen LogP contribution is 2.21. The topological polar surface area (TPSA) is 54.9 Å². The summed E-state index contributed by atoms with van der Waals surface area (Å²) in [6.45, 7) is 4.31. The van der Waals surface area contributed by atoms with E-state index in [1.165, 1.54) is 0 Å². The number of halogens is 2. The van der Waals surface area contributed by atoms with Crippen LogP contribution in [0.4, 0.5) is 0 Å². The quantitative estimate of drug-likeness (QED) is 0.730. The molecule has 2 aromatic carbocycles. The fourth-order valence-corrected chi connectivity index (χ4v) is 3.01. The predicted octanol–water partition coefficient (Wildman–Crippen LogP) is 4.53. The predicted molar refractivity (Wildman–Crippen MR) is 102 cm³/mol. The SMILES string of the molecule is Cc1nc2ccc(C(=O)NCCc3ccc(Cl)cc3Cl)cc2nc1C. The van der Waals surface area contributed by atoms with Crippen LogP contribution in [0.5, 0.6) is 0 Å². The van der Waals surface area contributed by atoms with Crippen molar-refractivity contribution >= 4 is 40.1 Å². The first-order valence-corrected chi connectivity index (χ1v) is 8.67. The highest BCUT2D eigenvalue weighted by molar-refractivity contribution is 6.35. The Morgan fingerprint density at radius 2 is 1.72 bits per heavy atom. The molecule has 1 N–H and O–H groups in total. The molecule has 0 fully saturated rings. The summed E-state index contributed by atoms with van der Waals surface area (Å²) in [6.07, 6.45) is 0.632. The van der Waals surface area contributed by atoms with Crippen LogP contribution in [0.1, 0.15) is 27.3 Å². The molecule has 128 valence electrons. The zero-order valence-electron chi connectivity index (χ0n) is 13.9. The van der Waals surface area contributed by atoms with Crippen LogP contribution < -0.4 is 5.32 Å². The maximum Gasteiger partial charge on any atom is 0.251 e. The average molecular weight is 374 g/mol. The zero-order chi connectivity index (χ0) is 18.0. The highest BCUT2D eigenvalue weighted by Gasteiger charge is 2.09. The largest absolute Gasteiger partial charge is 0.352 e. The minimum absolute atomic E-state index is 0.146. The first-order valence-electron chi connectivity index (χ1n) is 7.91.